The lowest BCUT2D eigenvalue weighted by atomic mass is 10.1. The molecule has 2 aromatic rings. The van der Waals surface area contributed by atoms with Gasteiger partial charge in [0, 0.05) is 12.2 Å². The molecule has 0 aliphatic heterocycles. The molecule has 1 heterocycles. The first kappa shape index (κ1) is 28.1. The van der Waals surface area contributed by atoms with E-state index in [0.717, 1.165) is 18.2 Å². The molecule has 2 N–H and O–H groups in total. The predicted octanol–water partition coefficient (Wildman–Crippen LogP) is 3.31. The fourth-order valence-corrected chi connectivity index (χ4v) is 4.31. The molecule has 0 fully saturated rings. The molecule has 0 saturated carbocycles. The fraction of sp³-hybridized carbons (Fsp3) is 0.409. The Hall–Kier alpha value is -3.19. The van der Waals surface area contributed by atoms with Crippen LogP contribution < -0.4 is 4.72 Å². The van der Waals surface area contributed by atoms with Gasteiger partial charge in [-0.15, -0.1) is 0 Å². The summed E-state index contributed by atoms with van der Waals surface area (Å²) in [5.41, 5.74) is -0.114. The number of H-pyrrole nitrogens is 1. The minimum absolute atomic E-state index is 0.0658. The van der Waals surface area contributed by atoms with Crippen molar-refractivity contribution >= 4 is 27.7 Å². The minimum atomic E-state index is -4.72. The Morgan fingerprint density at radius 2 is 1.83 bits per heavy atom. The smallest absolute Gasteiger partial charge is 0.416 e. The number of esters is 2. The van der Waals surface area contributed by atoms with E-state index in [1.165, 1.54) is 6.92 Å². The first-order chi connectivity index (χ1) is 16.2. The van der Waals surface area contributed by atoms with Crippen molar-refractivity contribution in [2.24, 2.45) is 0 Å². The lowest BCUT2D eigenvalue weighted by Crippen LogP contribution is -2.30. The molecule has 1 atom stereocenters. The molecule has 2 rings (SSSR count). The number of Topliss-reactive ketones (excluding diaryl/α,β-unsaturated/α-hetero) is 1. The van der Waals surface area contributed by atoms with Gasteiger partial charge in [-0.2, -0.15) is 13.2 Å². The van der Waals surface area contributed by atoms with Crippen LogP contribution in [0.25, 0.3) is 0 Å². The standard InChI is InChI=1S/C22H25F3N2O7S/c1-5-33-21(30)18-12(2)19(27-13(18)3)20(29)14(4)34-17(28)9-10-26-35(31,32)16-8-6-7-15(11-16)22(23,24)25/h6-8,11,14,26-27H,5,9-10H2,1-4H3/t14-/m0/s1. The normalized spacial score (nSPS) is 12.8. The number of aromatic nitrogens is 1. The van der Waals surface area contributed by atoms with Gasteiger partial charge < -0.3 is 14.5 Å². The second-order valence-electron chi connectivity index (χ2n) is 7.52. The Bertz CT molecular complexity index is 1220. The largest absolute Gasteiger partial charge is 0.462 e. The van der Waals surface area contributed by atoms with Crippen molar-refractivity contribution in [3.63, 3.8) is 0 Å². The molecule has 0 aliphatic rings. The molecule has 0 bridgehead atoms. The molecular formula is C22H25F3N2O7S. The van der Waals surface area contributed by atoms with Crippen molar-refractivity contribution in [1.29, 1.82) is 0 Å². The summed E-state index contributed by atoms with van der Waals surface area (Å²) in [5, 5.41) is 0. The van der Waals surface area contributed by atoms with Gasteiger partial charge in [-0.1, -0.05) is 6.07 Å². The summed E-state index contributed by atoms with van der Waals surface area (Å²) in [6.07, 6.45) is -6.45. The number of nitrogens with one attached hydrogen (secondary N) is 2. The minimum Gasteiger partial charge on any atom is -0.462 e. The maximum absolute atomic E-state index is 12.8. The third kappa shape index (κ3) is 6.92. The van der Waals surface area contributed by atoms with Gasteiger partial charge in [0.05, 0.1) is 34.7 Å². The van der Waals surface area contributed by atoms with Gasteiger partial charge in [0.1, 0.15) is 0 Å². The van der Waals surface area contributed by atoms with Crippen molar-refractivity contribution in [3.05, 3.63) is 52.3 Å². The van der Waals surface area contributed by atoms with Gasteiger partial charge in [0.25, 0.3) is 0 Å². The van der Waals surface area contributed by atoms with E-state index in [4.69, 9.17) is 9.47 Å². The zero-order valence-electron chi connectivity index (χ0n) is 19.4. The summed E-state index contributed by atoms with van der Waals surface area (Å²) < 4.78 is 75.0. The monoisotopic (exact) mass is 518 g/mol. The number of carbonyl (C=O) groups is 3. The number of hydrogen-bond donors (Lipinski definition) is 2. The number of aryl methyl sites for hydroxylation is 1. The summed E-state index contributed by atoms with van der Waals surface area (Å²) >= 11 is 0. The SMILES string of the molecule is CCOC(=O)c1c(C)[nH]c(C(=O)[C@H](C)OC(=O)CCNS(=O)(=O)c2cccc(C(F)(F)F)c2)c1C. The molecule has 0 amide bonds. The number of alkyl halides is 3. The molecule has 0 unspecified atom stereocenters. The third-order valence-electron chi connectivity index (χ3n) is 4.93. The highest BCUT2D eigenvalue weighted by atomic mass is 32.2. The molecular weight excluding hydrogens is 493 g/mol. The van der Waals surface area contributed by atoms with Crippen LogP contribution in [0.4, 0.5) is 13.2 Å². The van der Waals surface area contributed by atoms with Crippen LogP contribution >= 0.6 is 0 Å². The van der Waals surface area contributed by atoms with E-state index in [1.807, 2.05) is 4.72 Å². The number of ether oxygens (including phenoxy) is 2. The average molecular weight is 519 g/mol. The number of hydrogen-bond acceptors (Lipinski definition) is 7. The molecule has 0 radical (unpaired) electrons. The zero-order valence-corrected chi connectivity index (χ0v) is 20.2. The van der Waals surface area contributed by atoms with E-state index in [9.17, 15) is 36.0 Å². The van der Waals surface area contributed by atoms with Crippen molar-refractivity contribution < 1.29 is 45.4 Å². The average Bonchev–Trinajstić information content (AvgIpc) is 3.06. The summed E-state index contributed by atoms with van der Waals surface area (Å²) in [7, 11) is -4.32. The number of halogens is 3. The van der Waals surface area contributed by atoms with E-state index >= 15 is 0 Å². The zero-order chi connectivity index (χ0) is 26.6. The number of aromatic amines is 1. The summed E-state index contributed by atoms with van der Waals surface area (Å²) in [6, 6.07) is 3.16. The van der Waals surface area contributed by atoms with Crippen LogP contribution in [0, 0.1) is 13.8 Å². The predicted molar refractivity (Wildman–Crippen MR) is 117 cm³/mol. The van der Waals surface area contributed by atoms with Gasteiger partial charge in [-0.3, -0.25) is 9.59 Å². The Morgan fingerprint density at radius 3 is 2.43 bits per heavy atom. The van der Waals surface area contributed by atoms with Gasteiger partial charge >= 0.3 is 18.1 Å². The Balaban J connectivity index is 1.98. The molecule has 192 valence electrons. The third-order valence-corrected chi connectivity index (χ3v) is 6.39. The lowest BCUT2D eigenvalue weighted by molar-refractivity contribution is -0.146. The van der Waals surface area contributed by atoms with Crippen LogP contribution in [-0.2, 0) is 30.5 Å². The molecule has 0 saturated heterocycles. The molecule has 1 aromatic carbocycles. The van der Waals surface area contributed by atoms with E-state index in [-0.39, 0.29) is 17.9 Å². The van der Waals surface area contributed by atoms with E-state index in [2.05, 4.69) is 4.98 Å². The van der Waals surface area contributed by atoms with E-state index < -0.39 is 63.4 Å². The molecule has 35 heavy (non-hydrogen) atoms. The Morgan fingerprint density at radius 1 is 1.17 bits per heavy atom. The first-order valence-electron chi connectivity index (χ1n) is 10.5. The van der Waals surface area contributed by atoms with Crippen molar-refractivity contribution in [3.8, 4) is 0 Å². The quantitative estimate of drug-likeness (QED) is 0.364. The van der Waals surface area contributed by atoms with Crippen molar-refractivity contribution in [1.82, 2.24) is 9.71 Å². The number of benzene rings is 1. The Labute approximate surface area is 200 Å². The van der Waals surface area contributed by atoms with Crippen molar-refractivity contribution in [2.75, 3.05) is 13.2 Å². The van der Waals surface area contributed by atoms with Crippen LogP contribution in [0.3, 0.4) is 0 Å². The highest BCUT2D eigenvalue weighted by Gasteiger charge is 2.32. The highest BCUT2D eigenvalue weighted by Crippen LogP contribution is 2.30. The van der Waals surface area contributed by atoms with Gasteiger partial charge in [0.15, 0.2) is 6.10 Å². The summed E-state index contributed by atoms with van der Waals surface area (Å²) in [6.45, 7) is 5.77. The lowest BCUT2D eigenvalue weighted by Gasteiger charge is -2.13. The number of sulfonamides is 1. The van der Waals surface area contributed by atoms with Crippen LogP contribution in [0.1, 0.15) is 57.9 Å². The van der Waals surface area contributed by atoms with E-state index in [1.54, 1.807) is 20.8 Å². The van der Waals surface area contributed by atoms with Crippen LogP contribution in [0.15, 0.2) is 29.2 Å². The number of carbonyl (C=O) groups excluding carboxylic acids is 3. The molecule has 0 spiro atoms. The fourth-order valence-electron chi connectivity index (χ4n) is 3.23. The molecule has 1 aromatic heterocycles. The van der Waals surface area contributed by atoms with Crippen LogP contribution in [0.5, 0.6) is 0 Å². The van der Waals surface area contributed by atoms with Crippen LogP contribution in [0.2, 0.25) is 0 Å². The molecule has 0 aliphatic carbocycles. The second-order valence-corrected chi connectivity index (χ2v) is 9.28. The van der Waals surface area contributed by atoms with Crippen LogP contribution in [-0.4, -0.2) is 50.4 Å². The topological polar surface area (TPSA) is 132 Å². The number of rotatable bonds is 10. The van der Waals surface area contributed by atoms with Gasteiger partial charge in [-0.25, -0.2) is 17.9 Å². The summed E-state index contributed by atoms with van der Waals surface area (Å²) in [4.78, 5) is 39.1. The second kappa shape index (κ2) is 11.0. The molecule has 13 heteroatoms. The first-order valence-corrected chi connectivity index (χ1v) is 11.9. The maximum atomic E-state index is 12.8. The highest BCUT2D eigenvalue weighted by molar-refractivity contribution is 7.89. The number of ketones is 1. The molecule has 9 nitrogen and oxygen atoms in total. The van der Waals surface area contributed by atoms with Gasteiger partial charge in [-0.05, 0) is 51.5 Å². The summed E-state index contributed by atoms with van der Waals surface area (Å²) in [5.74, 6) is -2.13. The maximum Gasteiger partial charge on any atom is 0.416 e. The van der Waals surface area contributed by atoms with E-state index in [0.29, 0.717) is 17.3 Å². The van der Waals surface area contributed by atoms with Crippen molar-refractivity contribution in [2.45, 2.75) is 51.3 Å². The Kier molecular flexibility index (Phi) is 8.84. The van der Waals surface area contributed by atoms with Gasteiger partial charge in [0.2, 0.25) is 15.8 Å².